The second kappa shape index (κ2) is 5.87. The maximum atomic E-state index is 12.2. The summed E-state index contributed by atoms with van der Waals surface area (Å²) >= 11 is 2.89. The minimum Gasteiger partial charge on any atom is -0.267 e. The first-order valence-corrected chi connectivity index (χ1v) is 8.37. The highest BCUT2D eigenvalue weighted by Crippen LogP contribution is 2.31. The SMILES string of the molecule is CCc1n[nH]c(=O)c(-c2nc(-c3ccns3)cs2)c1CC. The maximum Gasteiger partial charge on any atom is 0.274 e. The minimum atomic E-state index is -0.172. The number of nitrogens with zero attached hydrogens (tertiary/aromatic N) is 3. The third kappa shape index (κ3) is 2.54. The summed E-state index contributed by atoms with van der Waals surface area (Å²) < 4.78 is 4.09. The van der Waals surface area contributed by atoms with Gasteiger partial charge in [0.2, 0.25) is 0 Å². The van der Waals surface area contributed by atoms with Gasteiger partial charge in [-0.25, -0.2) is 14.5 Å². The average molecular weight is 318 g/mol. The van der Waals surface area contributed by atoms with Crippen LogP contribution in [0, 0.1) is 0 Å². The summed E-state index contributed by atoms with van der Waals surface area (Å²) in [6.07, 6.45) is 3.32. The molecule has 3 aromatic rings. The fourth-order valence-electron chi connectivity index (χ4n) is 2.27. The van der Waals surface area contributed by atoms with Crippen LogP contribution in [0.15, 0.2) is 22.4 Å². The Hall–Kier alpha value is -1.86. The molecule has 7 heteroatoms. The monoisotopic (exact) mass is 318 g/mol. The summed E-state index contributed by atoms with van der Waals surface area (Å²) in [6.45, 7) is 4.07. The number of aromatic amines is 1. The van der Waals surface area contributed by atoms with Gasteiger partial charge in [0.1, 0.15) is 5.01 Å². The van der Waals surface area contributed by atoms with E-state index < -0.39 is 0 Å². The number of aryl methyl sites for hydroxylation is 1. The lowest BCUT2D eigenvalue weighted by Gasteiger charge is -2.07. The molecule has 0 bridgehead atoms. The first-order valence-electron chi connectivity index (χ1n) is 6.72. The van der Waals surface area contributed by atoms with E-state index in [1.54, 1.807) is 6.20 Å². The second-order valence-electron chi connectivity index (χ2n) is 4.47. The van der Waals surface area contributed by atoms with Gasteiger partial charge in [0.15, 0.2) is 0 Å². The smallest absolute Gasteiger partial charge is 0.267 e. The van der Waals surface area contributed by atoms with Gasteiger partial charge < -0.3 is 0 Å². The molecule has 3 heterocycles. The fraction of sp³-hybridized carbons (Fsp3) is 0.286. The molecule has 0 saturated carbocycles. The molecule has 108 valence electrons. The van der Waals surface area contributed by atoms with Crippen molar-refractivity contribution in [1.82, 2.24) is 19.6 Å². The van der Waals surface area contributed by atoms with Crippen LogP contribution in [-0.4, -0.2) is 19.6 Å². The number of nitrogens with one attached hydrogen (secondary N) is 1. The van der Waals surface area contributed by atoms with E-state index in [2.05, 4.69) is 19.6 Å². The quantitative estimate of drug-likeness (QED) is 0.802. The third-order valence-corrected chi connectivity index (χ3v) is 4.90. The van der Waals surface area contributed by atoms with Crippen molar-refractivity contribution in [3.63, 3.8) is 0 Å². The van der Waals surface area contributed by atoms with Gasteiger partial charge in [-0.15, -0.1) is 11.3 Å². The van der Waals surface area contributed by atoms with Gasteiger partial charge in [0, 0.05) is 11.6 Å². The van der Waals surface area contributed by atoms with E-state index in [9.17, 15) is 4.79 Å². The van der Waals surface area contributed by atoms with Crippen LogP contribution in [0.5, 0.6) is 0 Å². The zero-order chi connectivity index (χ0) is 14.8. The van der Waals surface area contributed by atoms with Crippen LogP contribution in [-0.2, 0) is 12.8 Å². The molecular weight excluding hydrogens is 304 g/mol. The van der Waals surface area contributed by atoms with Gasteiger partial charge in [-0.3, -0.25) is 4.79 Å². The Labute approximate surface area is 129 Å². The molecule has 0 saturated heterocycles. The number of H-pyrrole nitrogens is 1. The molecule has 0 amide bonds. The first kappa shape index (κ1) is 14.1. The largest absolute Gasteiger partial charge is 0.274 e. The van der Waals surface area contributed by atoms with E-state index in [1.165, 1.54) is 22.9 Å². The zero-order valence-electron chi connectivity index (χ0n) is 11.7. The number of hydrogen-bond donors (Lipinski definition) is 1. The van der Waals surface area contributed by atoms with Crippen LogP contribution in [0.3, 0.4) is 0 Å². The number of rotatable bonds is 4. The van der Waals surface area contributed by atoms with Crippen LogP contribution in [0.4, 0.5) is 0 Å². The highest BCUT2D eigenvalue weighted by Gasteiger charge is 2.17. The topological polar surface area (TPSA) is 71.5 Å². The lowest BCUT2D eigenvalue weighted by Crippen LogP contribution is -2.16. The minimum absolute atomic E-state index is 0.172. The maximum absolute atomic E-state index is 12.2. The van der Waals surface area contributed by atoms with Gasteiger partial charge in [-0.1, -0.05) is 13.8 Å². The summed E-state index contributed by atoms with van der Waals surface area (Å²) in [6, 6.07) is 1.93. The van der Waals surface area contributed by atoms with Gasteiger partial charge in [-0.05, 0) is 36.0 Å². The van der Waals surface area contributed by atoms with E-state index in [0.717, 1.165) is 39.7 Å². The van der Waals surface area contributed by atoms with E-state index in [-0.39, 0.29) is 5.56 Å². The van der Waals surface area contributed by atoms with Crippen LogP contribution >= 0.6 is 22.9 Å². The van der Waals surface area contributed by atoms with E-state index in [0.29, 0.717) is 5.56 Å². The molecule has 3 aromatic heterocycles. The molecule has 1 N–H and O–H groups in total. The van der Waals surface area contributed by atoms with Gasteiger partial charge in [0.05, 0.1) is 21.8 Å². The molecule has 0 aliphatic heterocycles. The molecule has 0 atom stereocenters. The number of aromatic nitrogens is 4. The van der Waals surface area contributed by atoms with Crippen LogP contribution in [0.25, 0.3) is 21.1 Å². The standard InChI is InChI=1S/C14H14N4OS2/c1-3-8-9(4-2)17-18-13(19)12(8)14-16-10(7-20-14)11-5-6-15-21-11/h5-7H,3-4H2,1-2H3,(H,18,19). The van der Waals surface area contributed by atoms with Crippen molar-refractivity contribution in [2.24, 2.45) is 0 Å². The van der Waals surface area contributed by atoms with Gasteiger partial charge >= 0.3 is 0 Å². The lowest BCUT2D eigenvalue weighted by atomic mass is 10.0. The molecule has 0 aliphatic carbocycles. The molecule has 0 aromatic carbocycles. The summed E-state index contributed by atoms with van der Waals surface area (Å²) in [5, 5.41) is 9.44. The Morgan fingerprint density at radius 1 is 1.29 bits per heavy atom. The fourth-order valence-corrected chi connectivity index (χ4v) is 3.79. The first-order chi connectivity index (χ1) is 10.2. The molecule has 0 fully saturated rings. The molecule has 0 aliphatic rings. The Kier molecular flexibility index (Phi) is 3.94. The molecule has 5 nitrogen and oxygen atoms in total. The summed E-state index contributed by atoms with van der Waals surface area (Å²) in [5.41, 5.74) is 3.28. The van der Waals surface area contributed by atoms with Crippen molar-refractivity contribution in [3.05, 3.63) is 39.3 Å². The van der Waals surface area contributed by atoms with Crippen LogP contribution in [0.2, 0.25) is 0 Å². The van der Waals surface area contributed by atoms with Crippen LogP contribution < -0.4 is 5.56 Å². The third-order valence-electron chi connectivity index (χ3n) is 3.27. The molecule has 0 spiro atoms. The summed E-state index contributed by atoms with van der Waals surface area (Å²) in [5.74, 6) is 0. The molecule has 3 rings (SSSR count). The Bertz CT molecular complexity index is 805. The summed E-state index contributed by atoms with van der Waals surface area (Å²) in [4.78, 5) is 17.8. The molecule has 21 heavy (non-hydrogen) atoms. The van der Waals surface area contributed by atoms with Crippen molar-refractivity contribution in [1.29, 1.82) is 0 Å². The summed E-state index contributed by atoms with van der Waals surface area (Å²) in [7, 11) is 0. The van der Waals surface area contributed by atoms with Crippen molar-refractivity contribution in [3.8, 4) is 21.1 Å². The molecule has 0 unspecified atom stereocenters. The van der Waals surface area contributed by atoms with Crippen molar-refractivity contribution >= 4 is 22.9 Å². The van der Waals surface area contributed by atoms with Crippen molar-refractivity contribution in [2.45, 2.75) is 26.7 Å². The Balaban J connectivity index is 2.15. The van der Waals surface area contributed by atoms with Gasteiger partial charge in [0.25, 0.3) is 5.56 Å². The normalized spacial score (nSPS) is 11.0. The Morgan fingerprint density at radius 3 is 2.81 bits per heavy atom. The van der Waals surface area contributed by atoms with E-state index in [1.807, 2.05) is 25.3 Å². The lowest BCUT2D eigenvalue weighted by molar-refractivity contribution is 0.861. The highest BCUT2D eigenvalue weighted by molar-refractivity contribution is 7.14. The molecule has 0 radical (unpaired) electrons. The number of hydrogen-bond acceptors (Lipinski definition) is 6. The average Bonchev–Trinajstić information content (AvgIpc) is 3.17. The predicted molar refractivity (Wildman–Crippen MR) is 85.8 cm³/mol. The van der Waals surface area contributed by atoms with Gasteiger partial charge in [-0.2, -0.15) is 5.10 Å². The predicted octanol–water partition coefficient (Wildman–Crippen LogP) is 3.14. The second-order valence-corrected chi connectivity index (χ2v) is 6.17. The Morgan fingerprint density at radius 2 is 2.14 bits per heavy atom. The van der Waals surface area contributed by atoms with Crippen molar-refractivity contribution < 1.29 is 0 Å². The zero-order valence-corrected chi connectivity index (χ0v) is 13.3. The highest BCUT2D eigenvalue weighted by atomic mass is 32.1. The molecular formula is C14H14N4OS2. The van der Waals surface area contributed by atoms with Crippen LogP contribution in [0.1, 0.15) is 25.1 Å². The van der Waals surface area contributed by atoms with Crippen molar-refractivity contribution in [2.75, 3.05) is 0 Å². The van der Waals surface area contributed by atoms with E-state index >= 15 is 0 Å². The number of thiazole rings is 1. The van der Waals surface area contributed by atoms with E-state index in [4.69, 9.17) is 0 Å².